The molecule has 2 saturated heterocycles. The van der Waals surface area contributed by atoms with E-state index < -0.39 is 0 Å². The second-order valence-electron chi connectivity index (χ2n) is 11.6. The van der Waals surface area contributed by atoms with Crippen molar-refractivity contribution in [2.45, 2.75) is 93.2 Å². The zero-order valence-electron chi connectivity index (χ0n) is 18.3. The van der Waals surface area contributed by atoms with Crippen LogP contribution >= 0.6 is 0 Å². The van der Waals surface area contributed by atoms with Gasteiger partial charge in [0.1, 0.15) is 0 Å². The molecule has 2 heterocycles. The van der Waals surface area contributed by atoms with Gasteiger partial charge in [-0.2, -0.15) is 0 Å². The molecule has 24 heavy (non-hydrogen) atoms. The van der Waals surface area contributed by atoms with Crippen LogP contribution in [0.3, 0.4) is 0 Å². The van der Waals surface area contributed by atoms with Crippen LogP contribution in [-0.2, 0) is 0 Å². The van der Waals surface area contributed by atoms with Gasteiger partial charge in [0.05, 0.1) is 0 Å². The highest BCUT2D eigenvalue weighted by Gasteiger charge is 2.52. The molecular formula is C22H44N2. The fourth-order valence-corrected chi connectivity index (χ4v) is 4.81. The molecule has 142 valence electrons. The Bertz CT molecular complexity index is 422. The van der Waals surface area contributed by atoms with Crippen LogP contribution in [0.1, 0.15) is 82.1 Å². The smallest absolute Gasteiger partial charge is 0.0125 e. The van der Waals surface area contributed by atoms with Crippen LogP contribution in [0.15, 0.2) is 0 Å². The molecule has 2 heteroatoms. The molecule has 2 aliphatic heterocycles. The number of nitrogens with zero attached hydrogens (tertiary/aromatic N) is 2. The topological polar surface area (TPSA) is 6.48 Å². The molecule has 0 N–H and O–H groups in total. The first-order chi connectivity index (χ1) is 10.7. The maximum atomic E-state index is 2.68. The molecule has 0 unspecified atom stereocenters. The van der Waals surface area contributed by atoms with Crippen molar-refractivity contribution in [2.24, 2.45) is 22.7 Å². The standard InChI is InChI=1S/C22H44N2/c1-19(2,3)23-13-11-17(12-14-23)21(7,8)22(9,10)18-15-24(16-18)20(4,5)6/h17-18H,11-16H2,1-10H3. The highest BCUT2D eigenvalue weighted by Crippen LogP contribution is 2.54. The second kappa shape index (κ2) is 6.27. The zero-order chi connectivity index (χ0) is 18.6. The first-order valence-corrected chi connectivity index (χ1v) is 10.2. The molecule has 2 fully saturated rings. The Morgan fingerprint density at radius 1 is 0.542 bits per heavy atom. The van der Waals surface area contributed by atoms with E-state index in [1.807, 2.05) is 0 Å². The van der Waals surface area contributed by atoms with E-state index >= 15 is 0 Å². The lowest BCUT2D eigenvalue weighted by Gasteiger charge is -2.60. The molecule has 0 radical (unpaired) electrons. The summed E-state index contributed by atoms with van der Waals surface area (Å²) >= 11 is 0. The number of rotatable bonds is 3. The van der Waals surface area contributed by atoms with Gasteiger partial charge in [-0.1, -0.05) is 27.7 Å². The monoisotopic (exact) mass is 336 g/mol. The van der Waals surface area contributed by atoms with Gasteiger partial charge in [-0.15, -0.1) is 0 Å². The predicted molar refractivity (Wildman–Crippen MR) is 106 cm³/mol. The lowest BCUT2D eigenvalue weighted by atomic mass is 9.53. The SMILES string of the molecule is CC(C)(C)N1CCC(C(C)(C)C(C)(C)C2CN(C(C)(C)C)C2)CC1. The summed E-state index contributed by atoms with van der Waals surface area (Å²) in [6.45, 7) is 29.4. The van der Waals surface area contributed by atoms with Crippen LogP contribution in [0.5, 0.6) is 0 Å². The summed E-state index contributed by atoms with van der Waals surface area (Å²) in [4.78, 5) is 5.33. The van der Waals surface area contributed by atoms with Crippen LogP contribution in [0, 0.1) is 22.7 Å². The van der Waals surface area contributed by atoms with E-state index in [-0.39, 0.29) is 0 Å². The summed E-state index contributed by atoms with van der Waals surface area (Å²) in [6, 6.07) is 0. The molecule has 0 aromatic carbocycles. The molecule has 0 aromatic rings. The third kappa shape index (κ3) is 3.70. The van der Waals surface area contributed by atoms with Gasteiger partial charge in [-0.05, 0) is 90.1 Å². The van der Waals surface area contributed by atoms with E-state index in [2.05, 4.69) is 79.0 Å². The first-order valence-electron chi connectivity index (χ1n) is 10.2. The van der Waals surface area contributed by atoms with Gasteiger partial charge in [-0.3, -0.25) is 9.80 Å². The van der Waals surface area contributed by atoms with Crippen molar-refractivity contribution < 1.29 is 0 Å². The highest BCUT2D eigenvalue weighted by molar-refractivity contribution is 5.03. The molecule has 2 aliphatic rings. The summed E-state index contributed by atoms with van der Waals surface area (Å²) in [6.07, 6.45) is 2.73. The summed E-state index contributed by atoms with van der Waals surface area (Å²) in [5.41, 5.74) is 1.47. The van der Waals surface area contributed by atoms with Crippen LogP contribution in [0.2, 0.25) is 0 Å². The lowest BCUT2D eigenvalue weighted by molar-refractivity contribution is -0.114. The van der Waals surface area contributed by atoms with Crippen molar-refractivity contribution in [2.75, 3.05) is 26.2 Å². The van der Waals surface area contributed by atoms with Crippen LogP contribution in [0.4, 0.5) is 0 Å². The van der Waals surface area contributed by atoms with Crippen molar-refractivity contribution in [3.8, 4) is 0 Å². The molecule has 0 saturated carbocycles. The van der Waals surface area contributed by atoms with Crippen molar-refractivity contribution in [1.29, 1.82) is 0 Å². The third-order valence-corrected chi connectivity index (χ3v) is 7.98. The Hall–Kier alpha value is -0.0800. The minimum absolute atomic E-state index is 0.325. The highest BCUT2D eigenvalue weighted by atomic mass is 15.2. The average Bonchev–Trinajstić information content (AvgIpc) is 2.33. The van der Waals surface area contributed by atoms with Gasteiger partial charge in [0.15, 0.2) is 0 Å². The van der Waals surface area contributed by atoms with Gasteiger partial charge < -0.3 is 0 Å². The van der Waals surface area contributed by atoms with E-state index in [1.54, 1.807) is 0 Å². The first kappa shape index (κ1) is 20.2. The maximum absolute atomic E-state index is 2.68. The maximum Gasteiger partial charge on any atom is 0.0125 e. The van der Waals surface area contributed by atoms with E-state index in [9.17, 15) is 0 Å². The quantitative estimate of drug-likeness (QED) is 0.692. The number of hydrogen-bond donors (Lipinski definition) is 0. The molecule has 0 amide bonds. The Morgan fingerprint density at radius 2 is 0.917 bits per heavy atom. The van der Waals surface area contributed by atoms with Crippen molar-refractivity contribution >= 4 is 0 Å². The van der Waals surface area contributed by atoms with E-state index in [0.717, 1.165) is 11.8 Å². The zero-order valence-corrected chi connectivity index (χ0v) is 18.3. The third-order valence-electron chi connectivity index (χ3n) is 7.98. The normalized spacial score (nSPS) is 24.2. The lowest BCUT2D eigenvalue weighted by Crippen LogP contribution is -2.63. The van der Waals surface area contributed by atoms with Crippen molar-refractivity contribution in [3.63, 3.8) is 0 Å². The van der Waals surface area contributed by atoms with Crippen LogP contribution in [-0.4, -0.2) is 47.1 Å². The minimum Gasteiger partial charge on any atom is -0.298 e. The van der Waals surface area contributed by atoms with E-state index in [1.165, 1.54) is 39.0 Å². The molecule has 2 rings (SSSR count). The van der Waals surface area contributed by atoms with Crippen LogP contribution in [0.25, 0.3) is 0 Å². The van der Waals surface area contributed by atoms with Gasteiger partial charge in [0.2, 0.25) is 0 Å². The molecule has 0 spiro atoms. The van der Waals surface area contributed by atoms with E-state index in [0.29, 0.717) is 21.9 Å². The Kier molecular flexibility index (Phi) is 5.28. The molecule has 0 bridgehead atoms. The van der Waals surface area contributed by atoms with E-state index in [4.69, 9.17) is 0 Å². The fraction of sp³-hybridized carbons (Fsp3) is 1.00. The molecule has 0 aromatic heterocycles. The Labute approximate surface area is 152 Å². The second-order valence-corrected chi connectivity index (χ2v) is 11.6. The molecule has 0 aliphatic carbocycles. The summed E-state index contributed by atoms with van der Waals surface area (Å²) in [5, 5.41) is 0. The number of piperidine rings is 1. The van der Waals surface area contributed by atoms with Gasteiger partial charge in [0.25, 0.3) is 0 Å². The Morgan fingerprint density at radius 3 is 1.29 bits per heavy atom. The average molecular weight is 337 g/mol. The summed E-state index contributed by atoms with van der Waals surface area (Å²) in [5.74, 6) is 1.70. The number of likely N-dealkylation sites (tertiary alicyclic amines) is 2. The Balaban J connectivity index is 2.00. The summed E-state index contributed by atoms with van der Waals surface area (Å²) in [7, 11) is 0. The van der Waals surface area contributed by atoms with Crippen LogP contribution < -0.4 is 0 Å². The summed E-state index contributed by atoms with van der Waals surface area (Å²) < 4.78 is 0. The molecule has 0 atom stereocenters. The number of hydrogen-bond acceptors (Lipinski definition) is 2. The largest absolute Gasteiger partial charge is 0.298 e. The van der Waals surface area contributed by atoms with Crippen molar-refractivity contribution in [3.05, 3.63) is 0 Å². The van der Waals surface area contributed by atoms with Gasteiger partial charge >= 0.3 is 0 Å². The molecular weight excluding hydrogens is 292 g/mol. The van der Waals surface area contributed by atoms with Gasteiger partial charge in [-0.25, -0.2) is 0 Å². The van der Waals surface area contributed by atoms with Crippen molar-refractivity contribution in [1.82, 2.24) is 9.80 Å². The van der Waals surface area contributed by atoms with Gasteiger partial charge in [0, 0.05) is 24.2 Å². The minimum atomic E-state index is 0.325. The predicted octanol–water partition coefficient (Wildman–Crippen LogP) is 5.28. The molecule has 2 nitrogen and oxygen atoms in total. The fourth-order valence-electron chi connectivity index (χ4n) is 4.81.